The molecular formula is C12H22N2O4S. The number of nitrogens with one attached hydrogen (secondary N) is 1. The maximum atomic E-state index is 11.8. The Labute approximate surface area is 114 Å². The van der Waals surface area contributed by atoms with Crippen molar-refractivity contribution in [2.24, 2.45) is 5.41 Å². The van der Waals surface area contributed by atoms with Crippen molar-refractivity contribution in [3.63, 3.8) is 0 Å². The molecule has 1 aliphatic carbocycles. The molecule has 1 spiro atoms. The molecule has 0 atom stereocenters. The van der Waals surface area contributed by atoms with Crippen LogP contribution in [0.5, 0.6) is 0 Å². The van der Waals surface area contributed by atoms with E-state index in [1.54, 1.807) is 4.90 Å². The Morgan fingerprint density at radius 1 is 1.32 bits per heavy atom. The molecule has 1 amide bonds. The first-order valence-electron chi connectivity index (χ1n) is 6.47. The Morgan fingerprint density at radius 2 is 1.84 bits per heavy atom. The molecule has 2 aliphatic rings. The summed E-state index contributed by atoms with van der Waals surface area (Å²) in [6.07, 6.45) is 0.961. The van der Waals surface area contributed by atoms with Crippen molar-refractivity contribution in [1.82, 2.24) is 9.62 Å². The normalized spacial score (nSPS) is 22.8. The van der Waals surface area contributed by atoms with Gasteiger partial charge in [0.1, 0.15) is 5.60 Å². The predicted molar refractivity (Wildman–Crippen MR) is 71.2 cm³/mol. The maximum Gasteiger partial charge on any atom is 0.410 e. The van der Waals surface area contributed by atoms with Crippen molar-refractivity contribution in [3.8, 4) is 0 Å². The van der Waals surface area contributed by atoms with Gasteiger partial charge in [-0.05, 0) is 40.7 Å². The number of hydrogen-bond donors (Lipinski definition) is 1. The van der Waals surface area contributed by atoms with Gasteiger partial charge in [0.2, 0.25) is 10.0 Å². The third kappa shape index (κ3) is 2.86. The molecule has 1 aliphatic heterocycles. The molecule has 0 aromatic rings. The molecule has 7 heteroatoms. The standard InChI is InChI=1S/C12H22N2O4S/c1-11(2,3)18-10(15)14-7-12(8-14)5-9(6-12)19(16,17)13-4/h9,13H,5-8H2,1-4H3. The monoisotopic (exact) mass is 290 g/mol. The molecule has 6 nitrogen and oxygen atoms in total. The van der Waals surface area contributed by atoms with Gasteiger partial charge in [-0.1, -0.05) is 0 Å². The number of sulfonamides is 1. The summed E-state index contributed by atoms with van der Waals surface area (Å²) in [7, 11) is -1.72. The summed E-state index contributed by atoms with van der Waals surface area (Å²) in [5.41, 5.74) is -0.483. The maximum absolute atomic E-state index is 11.8. The summed E-state index contributed by atoms with van der Waals surface area (Å²) in [5.74, 6) is 0. The molecule has 19 heavy (non-hydrogen) atoms. The van der Waals surface area contributed by atoms with Crippen LogP contribution in [0.15, 0.2) is 0 Å². The Balaban J connectivity index is 1.81. The minimum Gasteiger partial charge on any atom is -0.444 e. The van der Waals surface area contributed by atoms with Crippen molar-refractivity contribution < 1.29 is 17.9 Å². The second-order valence-electron chi connectivity index (χ2n) is 6.62. The summed E-state index contributed by atoms with van der Waals surface area (Å²) in [5, 5.41) is -0.307. The number of amides is 1. The molecule has 1 saturated heterocycles. The number of carbonyl (C=O) groups excluding carboxylic acids is 1. The Bertz CT molecular complexity index is 466. The number of carbonyl (C=O) groups is 1. The highest BCUT2D eigenvalue weighted by molar-refractivity contribution is 7.90. The zero-order valence-electron chi connectivity index (χ0n) is 11.9. The zero-order chi connectivity index (χ0) is 14.5. The molecule has 0 aromatic heterocycles. The van der Waals surface area contributed by atoms with Gasteiger partial charge in [0.05, 0.1) is 5.25 Å². The average Bonchev–Trinajstić information content (AvgIpc) is 2.09. The fraction of sp³-hybridized carbons (Fsp3) is 0.917. The highest BCUT2D eigenvalue weighted by atomic mass is 32.2. The Kier molecular flexibility index (Phi) is 3.33. The SMILES string of the molecule is CNS(=O)(=O)C1CC2(C1)CN(C(=O)OC(C)(C)C)C2. The van der Waals surface area contributed by atoms with Crippen molar-refractivity contribution in [2.75, 3.05) is 20.1 Å². The zero-order valence-corrected chi connectivity index (χ0v) is 12.7. The molecule has 0 bridgehead atoms. The first-order valence-corrected chi connectivity index (χ1v) is 8.02. The average molecular weight is 290 g/mol. The second-order valence-corrected chi connectivity index (χ2v) is 8.78. The van der Waals surface area contributed by atoms with Gasteiger partial charge in [-0.2, -0.15) is 0 Å². The first-order chi connectivity index (χ1) is 8.57. The van der Waals surface area contributed by atoms with Gasteiger partial charge >= 0.3 is 6.09 Å². The number of rotatable bonds is 2. The van der Waals surface area contributed by atoms with Crippen LogP contribution in [0.3, 0.4) is 0 Å². The molecule has 110 valence electrons. The third-order valence-corrected chi connectivity index (χ3v) is 5.53. The minimum atomic E-state index is -3.16. The van der Waals surface area contributed by atoms with E-state index < -0.39 is 15.6 Å². The lowest BCUT2D eigenvalue weighted by Gasteiger charge is -2.58. The van der Waals surface area contributed by atoms with Gasteiger partial charge in [0.25, 0.3) is 0 Å². The smallest absolute Gasteiger partial charge is 0.410 e. The quantitative estimate of drug-likeness (QED) is 0.821. The summed E-state index contributed by atoms with van der Waals surface area (Å²) in [6.45, 7) is 6.72. The van der Waals surface area contributed by atoms with Crippen molar-refractivity contribution in [1.29, 1.82) is 0 Å². The Morgan fingerprint density at radius 3 is 2.26 bits per heavy atom. The fourth-order valence-electron chi connectivity index (χ4n) is 2.77. The summed E-state index contributed by atoms with van der Waals surface area (Å²) >= 11 is 0. The molecule has 1 heterocycles. The van der Waals surface area contributed by atoms with Crippen molar-refractivity contribution in [3.05, 3.63) is 0 Å². The summed E-state index contributed by atoms with van der Waals surface area (Å²) in [6, 6.07) is 0. The molecule has 2 rings (SSSR count). The van der Waals surface area contributed by atoms with Gasteiger partial charge in [-0.25, -0.2) is 17.9 Å². The number of nitrogens with zero attached hydrogens (tertiary/aromatic N) is 1. The van der Waals surface area contributed by atoms with Gasteiger partial charge in [0.15, 0.2) is 0 Å². The van der Waals surface area contributed by atoms with E-state index in [9.17, 15) is 13.2 Å². The number of hydrogen-bond acceptors (Lipinski definition) is 4. The number of ether oxygens (including phenoxy) is 1. The summed E-state index contributed by atoms with van der Waals surface area (Å²) in [4.78, 5) is 13.4. The highest BCUT2D eigenvalue weighted by Crippen LogP contribution is 2.50. The second kappa shape index (κ2) is 4.34. The van der Waals surface area contributed by atoms with Crippen LogP contribution in [0.1, 0.15) is 33.6 Å². The van der Waals surface area contributed by atoms with E-state index in [2.05, 4.69) is 4.72 Å². The third-order valence-electron chi connectivity index (χ3n) is 3.75. The lowest BCUT2D eigenvalue weighted by atomic mass is 9.63. The molecule has 0 radical (unpaired) electrons. The van der Waals surface area contributed by atoms with Crippen LogP contribution in [0.25, 0.3) is 0 Å². The topological polar surface area (TPSA) is 75.7 Å². The first kappa shape index (κ1) is 14.6. The fourth-order valence-corrected chi connectivity index (χ4v) is 4.25. The Hall–Kier alpha value is -0.820. The van der Waals surface area contributed by atoms with Gasteiger partial charge in [-0.3, -0.25) is 0 Å². The van der Waals surface area contributed by atoms with E-state index >= 15 is 0 Å². The molecular weight excluding hydrogens is 268 g/mol. The molecule has 2 fully saturated rings. The van der Waals surface area contributed by atoms with Crippen molar-refractivity contribution >= 4 is 16.1 Å². The van der Waals surface area contributed by atoms with Crippen LogP contribution < -0.4 is 4.72 Å². The van der Waals surface area contributed by atoms with Gasteiger partial charge < -0.3 is 9.64 Å². The van der Waals surface area contributed by atoms with Crippen LogP contribution >= 0.6 is 0 Å². The van der Waals surface area contributed by atoms with Crippen LogP contribution in [0.4, 0.5) is 4.79 Å². The van der Waals surface area contributed by atoms with Crippen LogP contribution in [-0.2, 0) is 14.8 Å². The van der Waals surface area contributed by atoms with Crippen LogP contribution in [0.2, 0.25) is 0 Å². The van der Waals surface area contributed by atoms with E-state index in [1.807, 2.05) is 20.8 Å². The highest BCUT2D eigenvalue weighted by Gasteiger charge is 2.57. The van der Waals surface area contributed by atoms with E-state index in [1.165, 1.54) is 7.05 Å². The summed E-state index contributed by atoms with van der Waals surface area (Å²) < 4.78 is 30.8. The molecule has 0 unspecified atom stereocenters. The van der Waals surface area contributed by atoms with Crippen LogP contribution in [0, 0.1) is 5.41 Å². The predicted octanol–water partition coefficient (Wildman–Crippen LogP) is 0.935. The van der Waals surface area contributed by atoms with Crippen LogP contribution in [-0.4, -0.2) is 50.4 Å². The van der Waals surface area contributed by atoms with E-state index in [-0.39, 0.29) is 16.8 Å². The van der Waals surface area contributed by atoms with E-state index in [0.717, 1.165) is 0 Å². The number of likely N-dealkylation sites (tertiary alicyclic amines) is 1. The molecule has 1 saturated carbocycles. The minimum absolute atomic E-state index is 0.00545. The molecule has 0 aromatic carbocycles. The van der Waals surface area contributed by atoms with Gasteiger partial charge in [0, 0.05) is 18.5 Å². The van der Waals surface area contributed by atoms with Gasteiger partial charge in [-0.15, -0.1) is 0 Å². The van der Waals surface area contributed by atoms with Crippen molar-refractivity contribution in [2.45, 2.75) is 44.5 Å². The largest absolute Gasteiger partial charge is 0.444 e. The molecule has 1 N–H and O–H groups in total. The van der Waals surface area contributed by atoms with E-state index in [4.69, 9.17) is 4.74 Å². The lowest BCUT2D eigenvalue weighted by Crippen LogP contribution is -2.67. The lowest BCUT2D eigenvalue weighted by molar-refractivity contribution is -0.0671. The van der Waals surface area contributed by atoms with E-state index in [0.29, 0.717) is 25.9 Å².